The molecule has 1 aromatic heterocycles. The van der Waals surface area contributed by atoms with Crippen LogP contribution in [-0.2, 0) is 9.53 Å². The largest absolute Gasteiger partial charge is 0.451 e. The molecule has 20 heavy (non-hydrogen) atoms. The summed E-state index contributed by atoms with van der Waals surface area (Å²) in [5.74, 6) is -0.776. The van der Waals surface area contributed by atoms with E-state index in [1.54, 1.807) is 18.2 Å². The summed E-state index contributed by atoms with van der Waals surface area (Å²) in [6.07, 6.45) is 0.845. The zero-order valence-electron chi connectivity index (χ0n) is 11.1. The molecule has 0 unspecified atom stereocenters. The van der Waals surface area contributed by atoms with Crippen molar-refractivity contribution >= 4 is 39.0 Å². The van der Waals surface area contributed by atoms with E-state index in [-0.39, 0.29) is 12.5 Å². The minimum Gasteiger partial charge on any atom is -0.451 e. The van der Waals surface area contributed by atoms with Gasteiger partial charge in [0.1, 0.15) is 4.88 Å². The van der Waals surface area contributed by atoms with Crippen LogP contribution in [0, 0.1) is 0 Å². The van der Waals surface area contributed by atoms with Crippen molar-refractivity contribution in [3.8, 4) is 0 Å². The molecule has 1 heterocycles. The van der Waals surface area contributed by atoms with Crippen LogP contribution in [0.3, 0.4) is 0 Å². The monoisotopic (exact) mass is 292 g/mol. The van der Waals surface area contributed by atoms with Gasteiger partial charge in [0.25, 0.3) is 5.91 Å². The summed E-state index contributed by atoms with van der Waals surface area (Å²) >= 11 is 1.32. The molecule has 1 amide bonds. The van der Waals surface area contributed by atoms with Crippen LogP contribution in [0.5, 0.6) is 0 Å². The molecular weight excluding hydrogens is 276 g/mol. The number of anilines is 1. The van der Waals surface area contributed by atoms with Gasteiger partial charge in [-0.3, -0.25) is 4.79 Å². The highest BCUT2D eigenvalue weighted by molar-refractivity contribution is 7.20. The van der Waals surface area contributed by atoms with Crippen molar-refractivity contribution < 1.29 is 14.3 Å². The first-order valence-electron chi connectivity index (χ1n) is 6.33. The number of nitrogen functional groups attached to an aromatic ring is 1. The molecule has 6 heteroatoms. The quantitative estimate of drug-likeness (QED) is 0.653. The Hall–Kier alpha value is -2.08. The molecule has 0 atom stereocenters. The van der Waals surface area contributed by atoms with Gasteiger partial charge in [-0.25, -0.2) is 4.79 Å². The van der Waals surface area contributed by atoms with Crippen LogP contribution < -0.4 is 11.1 Å². The first-order chi connectivity index (χ1) is 9.60. The van der Waals surface area contributed by atoms with E-state index in [1.165, 1.54) is 11.3 Å². The Balaban J connectivity index is 1.99. The number of fused-ring (bicyclic) bond motifs is 1. The Labute approximate surface area is 120 Å². The Morgan fingerprint density at radius 2 is 2.15 bits per heavy atom. The summed E-state index contributed by atoms with van der Waals surface area (Å²) in [4.78, 5) is 23.7. The molecule has 0 saturated carbocycles. The van der Waals surface area contributed by atoms with E-state index in [0.29, 0.717) is 17.1 Å². The third-order valence-corrected chi connectivity index (χ3v) is 3.74. The van der Waals surface area contributed by atoms with Crippen molar-refractivity contribution in [3.05, 3.63) is 29.1 Å². The standard InChI is InChI=1S/C14H16N2O3S/c1-2-5-16-13(17)8-19-14(18)12-7-9-6-10(15)3-4-11(9)20-12/h3-4,6-7H,2,5,8,15H2,1H3,(H,16,17). The second-order valence-corrected chi connectivity index (χ2v) is 5.42. The fourth-order valence-corrected chi connectivity index (χ4v) is 2.62. The lowest BCUT2D eigenvalue weighted by Crippen LogP contribution is -2.29. The van der Waals surface area contributed by atoms with E-state index in [4.69, 9.17) is 10.5 Å². The van der Waals surface area contributed by atoms with Gasteiger partial charge < -0.3 is 15.8 Å². The van der Waals surface area contributed by atoms with Crippen LogP contribution in [0.15, 0.2) is 24.3 Å². The number of thiophene rings is 1. The van der Waals surface area contributed by atoms with Gasteiger partial charge in [-0.15, -0.1) is 11.3 Å². The number of ether oxygens (including phenoxy) is 1. The number of esters is 1. The van der Waals surface area contributed by atoms with Crippen LogP contribution in [0.25, 0.3) is 10.1 Å². The lowest BCUT2D eigenvalue weighted by Gasteiger charge is -2.03. The third kappa shape index (κ3) is 3.48. The maximum Gasteiger partial charge on any atom is 0.348 e. The lowest BCUT2D eigenvalue weighted by atomic mass is 10.2. The van der Waals surface area contributed by atoms with Crippen molar-refractivity contribution in [2.75, 3.05) is 18.9 Å². The molecule has 0 radical (unpaired) electrons. The van der Waals surface area contributed by atoms with E-state index in [0.717, 1.165) is 16.5 Å². The minimum atomic E-state index is -0.489. The van der Waals surface area contributed by atoms with E-state index in [2.05, 4.69) is 5.32 Å². The molecular formula is C14H16N2O3S. The SMILES string of the molecule is CCCNC(=O)COC(=O)c1cc2cc(N)ccc2s1. The summed E-state index contributed by atoms with van der Waals surface area (Å²) in [5.41, 5.74) is 6.34. The summed E-state index contributed by atoms with van der Waals surface area (Å²) in [6, 6.07) is 7.17. The van der Waals surface area contributed by atoms with Gasteiger partial charge in [0.15, 0.2) is 6.61 Å². The fourth-order valence-electron chi connectivity index (χ4n) is 1.68. The highest BCUT2D eigenvalue weighted by Gasteiger charge is 2.13. The number of hydrogen-bond donors (Lipinski definition) is 2. The van der Waals surface area contributed by atoms with Crippen LogP contribution in [0.4, 0.5) is 5.69 Å². The molecule has 1 aromatic carbocycles. The second kappa shape index (κ2) is 6.38. The molecule has 0 bridgehead atoms. The zero-order chi connectivity index (χ0) is 14.5. The minimum absolute atomic E-state index is 0.255. The van der Waals surface area contributed by atoms with Crippen LogP contribution >= 0.6 is 11.3 Å². The first kappa shape index (κ1) is 14.3. The van der Waals surface area contributed by atoms with Gasteiger partial charge in [-0.1, -0.05) is 6.92 Å². The molecule has 106 valence electrons. The van der Waals surface area contributed by atoms with Crippen molar-refractivity contribution in [3.63, 3.8) is 0 Å². The maximum atomic E-state index is 11.9. The van der Waals surface area contributed by atoms with Gasteiger partial charge >= 0.3 is 5.97 Å². The average molecular weight is 292 g/mol. The summed E-state index contributed by atoms with van der Waals surface area (Å²) in [6.45, 7) is 2.28. The second-order valence-electron chi connectivity index (χ2n) is 4.33. The molecule has 0 fully saturated rings. The summed E-state index contributed by atoms with van der Waals surface area (Å²) < 4.78 is 5.93. The molecule has 3 N–H and O–H groups in total. The number of amides is 1. The average Bonchev–Trinajstić information content (AvgIpc) is 2.85. The number of rotatable bonds is 5. The van der Waals surface area contributed by atoms with Crippen molar-refractivity contribution in [2.24, 2.45) is 0 Å². The number of nitrogens with one attached hydrogen (secondary N) is 1. The number of nitrogens with two attached hydrogens (primary N) is 1. The highest BCUT2D eigenvalue weighted by Crippen LogP contribution is 2.27. The summed E-state index contributed by atoms with van der Waals surface area (Å²) in [5, 5.41) is 3.54. The van der Waals surface area contributed by atoms with Gasteiger partial charge in [-0.05, 0) is 36.1 Å². The van der Waals surface area contributed by atoms with Crippen LogP contribution in [-0.4, -0.2) is 25.0 Å². The topological polar surface area (TPSA) is 81.4 Å². The molecule has 0 aliphatic carbocycles. The van der Waals surface area contributed by atoms with Gasteiger partial charge in [0, 0.05) is 16.9 Å². The van der Waals surface area contributed by atoms with Crippen molar-refractivity contribution in [2.45, 2.75) is 13.3 Å². The smallest absolute Gasteiger partial charge is 0.348 e. The Kier molecular flexibility index (Phi) is 4.57. The van der Waals surface area contributed by atoms with Crippen LogP contribution in [0.1, 0.15) is 23.0 Å². The molecule has 0 aliphatic rings. The van der Waals surface area contributed by atoms with E-state index < -0.39 is 5.97 Å². The zero-order valence-corrected chi connectivity index (χ0v) is 12.0. The van der Waals surface area contributed by atoms with Gasteiger partial charge in [0.2, 0.25) is 0 Å². The van der Waals surface area contributed by atoms with Gasteiger partial charge in [-0.2, -0.15) is 0 Å². The van der Waals surface area contributed by atoms with Crippen molar-refractivity contribution in [1.82, 2.24) is 5.32 Å². The van der Waals surface area contributed by atoms with Crippen molar-refractivity contribution in [1.29, 1.82) is 0 Å². The lowest BCUT2D eigenvalue weighted by molar-refractivity contribution is -0.124. The Bertz CT molecular complexity index is 636. The normalized spacial score (nSPS) is 10.4. The van der Waals surface area contributed by atoms with E-state index in [1.807, 2.05) is 13.0 Å². The predicted octanol–water partition coefficient (Wildman–Crippen LogP) is 2.17. The third-order valence-electron chi connectivity index (χ3n) is 2.65. The molecule has 0 aliphatic heterocycles. The van der Waals surface area contributed by atoms with E-state index >= 15 is 0 Å². The molecule has 5 nitrogen and oxygen atoms in total. The predicted molar refractivity (Wildman–Crippen MR) is 79.8 cm³/mol. The molecule has 2 rings (SSSR count). The Morgan fingerprint density at radius 3 is 2.90 bits per heavy atom. The molecule has 0 saturated heterocycles. The first-order valence-corrected chi connectivity index (χ1v) is 7.14. The fraction of sp³-hybridized carbons (Fsp3) is 0.286. The highest BCUT2D eigenvalue weighted by atomic mass is 32.1. The van der Waals surface area contributed by atoms with E-state index in [9.17, 15) is 9.59 Å². The number of carbonyl (C=O) groups is 2. The molecule has 2 aromatic rings. The summed E-state index contributed by atoms with van der Waals surface area (Å²) in [7, 11) is 0. The van der Waals surface area contributed by atoms with Gasteiger partial charge in [0.05, 0.1) is 0 Å². The Morgan fingerprint density at radius 1 is 1.35 bits per heavy atom. The number of hydrogen-bond acceptors (Lipinski definition) is 5. The maximum absolute atomic E-state index is 11.9. The molecule has 0 spiro atoms. The van der Waals surface area contributed by atoms with Crippen LogP contribution in [0.2, 0.25) is 0 Å². The number of benzene rings is 1. The number of carbonyl (C=O) groups excluding carboxylic acids is 2.